The van der Waals surface area contributed by atoms with E-state index in [9.17, 15) is 9.59 Å². The summed E-state index contributed by atoms with van der Waals surface area (Å²) in [6.45, 7) is 2.20. The van der Waals surface area contributed by atoms with Crippen molar-refractivity contribution in [2.45, 2.75) is 13.5 Å². The third-order valence-corrected chi connectivity index (χ3v) is 3.54. The van der Waals surface area contributed by atoms with E-state index >= 15 is 0 Å². The van der Waals surface area contributed by atoms with Gasteiger partial charge in [-0.2, -0.15) is 0 Å². The summed E-state index contributed by atoms with van der Waals surface area (Å²) in [5.74, 6) is -0.728. The average Bonchev–Trinajstić information content (AvgIpc) is 2.60. The molecule has 0 aromatic heterocycles. The van der Waals surface area contributed by atoms with E-state index < -0.39 is 5.97 Å². The molecule has 3 N–H and O–H groups in total. The Balaban J connectivity index is 1.72. The maximum Gasteiger partial charge on any atom is 0.335 e. The van der Waals surface area contributed by atoms with Crippen molar-refractivity contribution in [3.63, 3.8) is 0 Å². The van der Waals surface area contributed by atoms with Crippen LogP contribution in [0.5, 0.6) is 5.75 Å². The number of hydrogen-bond donors (Lipinski definition) is 3. The van der Waals surface area contributed by atoms with Crippen molar-refractivity contribution in [2.75, 3.05) is 6.61 Å². The number of rotatable bonds is 6. The monoisotopic (exact) mass is 358 g/mol. The van der Waals surface area contributed by atoms with Crippen LogP contribution < -0.4 is 15.4 Å². The molecule has 0 heterocycles. The molecule has 0 fully saturated rings. The molecule has 2 aromatic carbocycles. The van der Waals surface area contributed by atoms with Gasteiger partial charge in [0, 0.05) is 6.54 Å². The van der Waals surface area contributed by atoms with Crippen LogP contribution in [-0.2, 0) is 11.3 Å². The van der Waals surface area contributed by atoms with Gasteiger partial charge in [0.15, 0.2) is 11.7 Å². The number of amides is 1. The number of aromatic carboxylic acids is 1. The van der Waals surface area contributed by atoms with Crippen LogP contribution in [-0.4, -0.2) is 28.7 Å². The van der Waals surface area contributed by atoms with E-state index in [4.69, 9.17) is 22.1 Å². The van der Waals surface area contributed by atoms with Gasteiger partial charge in [0.1, 0.15) is 5.75 Å². The number of benzene rings is 2. The molecule has 6 nitrogen and oxygen atoms in total. The van der Waals surface area contributed by atoms with Gasteiger partial charge >= 0.3 is 5.97 Å². The summed E-state index contributed by atoms with van der Waals surface area (Å²) in [5.41, 5.74) is 2.17. The predicted molar refractivity (Wildman–Crippen MR) is 97.7 cm³/mol. The predicted octanol–water partition coefficient (Wildman–Crippen LogP) is 2.26. The van der Waals surface area contributed by atoms with E-state index in [0.717, 1.165) is 11.1 Å². The Bertz CT molecular complexity index is 758. The van der Waals surface area contributed by atoms with E-state index in [0.29, 0.717) is 12.3 Å². The Hall–Kier alpha value is -2.93. The van der Waals surface area contributed by atoms with Gasteiger partial charge in [-0.3, -0.25) is 4.79 Å². The van der Waals surface area contributed by atoms with Crippen molar-refractivity contribution >= 4 is 29.2 Å². The lowest BCUT2D eigenvalue weighted by molar-refractivity contribution is -0.121. The number of carboxylic acid groups (broad SMARTS) is 1. The second-order valence-corrected chi connectivity index (χ2v) is 5.74. The van der Waals surface area contributed by atoms with Crippen molar-refractivity contribution in [1.29, 1.82) is 0 Å². The van der Waals surface area contributed by atoms with Crippen molar-refractivity contribution in [3.8, 4) is 5.75 Å². The summed E-state index contributed by atoms with van der Waals surface area (Å²) < 4.78 is 5.37. The largest absolute Gasteiger partial charge is 0.484 e. The molecule has 0 aliphatic carbocycles. The van der Waals surface area contributed by atoms with E-state index in [-0.39, 0.29) is 23.2 Å². The molecule has 7 heteroatoms. The Kier molecular flexibility index (Phi) is 6.47. The Morgan fingerprint density at radius 1 is 1.08 bits per heavy atom. The zero-order valence-electron chi connectivity index (χ0n) is 13.6. The van der Waals surface area contributed by atoms with Gasteiger partial charge in [-0.05, 0) is 49.0 Å². The molecule has 1 amide bonds. The van der Waals surface area contributed by atoms with Crippen molar-refractivity contribution < 1.29 is 19.4 Å². The lowest BCUT2D eigenvalue weighted by Gasteiger charge is -2.10. The molecule has 0 spiro atoms. The highest BCUT2D eigenvalue weighted by molar-refractivity contribution is 7.80. The molecule has 0 aliphatic rings. The standard InChI is InChI=1S/C18H18N2O4S/c1-12-2-8-15(9-3-12)24-11-16(21)20-18(25)19-10-13-4-6-14(7-5-13)17(22)23/h2-9H,10-11H2,1H3,(H,22,23)(H2,19,20,21,25). The zero-order valence-corrected chi connectivity index (χ0v) is 14.4. The second-order valence-electron chi connectivity index (χ2n) is 5.33. The molecular weight excluding hydrogens is 340 g/mol. The number of ether oxygens (including phenoxy) is 1. The quantitative estimate of drug-likeness (QED) is 0.687. The van der Waals surface area contributed by atoms with Crippen LogP contribution in [0, 0.1) is 6.92 Å². The summed E-state index contributed by atoms with van der Waals surface area (Å²) >= 11 is 5.05. The van der Waals surface area contributed by atoms with E-state index in [1.54, 1.807) is 24.3 Å². The third-order valence-electron chi connectivity index (χ3n) is 3.30. The summed E-state index contributed by atoms with van der Waals surface area (Å²) in [4.78, 5) is 22.6. The minimum absolute atomic E-state index is 0.141. The van der Waals surface area contributed by atoms with Crippen molar-refractivity contribution in [3.05, 3.63) is 65.2 Å². The molecule has 2 rings (SSSR count). The van der Waals surface area contributed by atoms with Crippen LogP contribution in [0.1, 0.15) is 21.5 Å². The first kappa shape index (κ1) is 18.4. The topological polar surface area (TPSA) is 87.7 Å². The van der Waals surface area contributed by atoms with Crippen LogP contribution in [0.4, 0.5) is 0 Å². The fourth-order valence-electron chi connectivity index (χ4n) is 1.94. The minimum atomic E-state index is -0.976. The van der Waals surface area contributed by atoms with E-state index in [2.05, 4.69) is 10.6 Å². The van der Waals surface area contributed by atoms with Gasteiger partial charge in [-0.1, -0.05) is 29.8 Å². The molecule has 0 bridgehead atoms. The fraction of sp³-hybridized carbons (Fsp3) is 0.167. The zero-order chi connectivity index (χ0) is 18.2. The van der Waals surface area contributed by atoms with Crippen LogP contribution >= 0.6 is 12.2 Å². The number of carboxylic acids is 1. The first-order valence-electron chi connectivity index (χ1n) is 7.53. The summed E-state index contributed by atoms with van der Waals surface area (Å²) in [5, 5.41) is 14.4. The summed E-state index contributed by atoms with van der Waals surface area (Å²) in [6, 6.07) is 13.8. The molecule has 0 aliphatic heterocycles. The fourth-order valence-corrected chi connectivity index (χ4v) is 2.12. The average molecular weight is 358 g/mol. The van der Waals surface area contributed by atoms with Crippen LogP contribution in [0.15, 0.2) is 48.5 Å². The van der Waals surface area contributed by atoms with Crippen LogP contribution in [0.3, 0.4) is 0 Å². The SMILES string of the molecule is Cc1ccc(OCC(=O)NC(=S)NCc2ccc(C(=O)O)cc2)cc1. The number of aryl methyl sites for hydroxylation is 1. The molecule has 0 atom stereocenters. The van der Waals surface area contributed by atoms with Crippen LogP contribution in [0.2, 0.25) is 0 Å². The first-order valence-corrected chi connectivity index (χ1v) is 7.94. The molecule has 0 saturated carbocycles. The van der Waals surface area contributed by atoms with E-state index in [1.165, 1.54) is 12.1 Å². The number of carbonyl (C=O) groups is 2. The van der Waals surface area contributed by atoms with Gasteiger partial charge in [0.25, 0.3) is 5.91 Å². The minimum Gasteiger partial charge on any atom is -0.484 e. The van der Waals surface area contributed by atoms with Crippen molar-refractivity contribution in [1.82, 2.24) is 10.6 Å². The van der Waals surface area contributed by atoms with Crippen molar-refractivity contribution in [2.24, 2.45) is 0 Å². The molecule has 0 saturated heterocycles. The van der Waals surface area contributed by atoms with Gasteiger partial charge in [0.05, 0.1) is 5.56 Å². The molecular formula is C18H18N2O4S. The normalized spacial score (nSPS) is 9.96. The maximum absolute atomic E-state index is 11.8. The second kappa shape index (κ2) is 8.79. The number of thiocarbonyl (C=S) groups is 1. The first-order chi connectivity index (χ1) is 11.9. The highest BCUT2D eigenvalue weighted by atomic mass is 32.1. The summed E-state index contributed by atoms with van der Waals surface area (Å²) in [6.07, 6.45) is 0. The van der Waals surface area contributed by atoms with Gasteiger partial charge in [-0.15, -0.1) is 0 Å². The smallest absolute Gasteiger partial charge is 0.335 e. The van der Waals surface area contributed by atoms with Gasteiger partial charge < -0.3 is 20.5 Å². The molecule has 130 valence electrons. The maximum atomic E-state index is 11.8. The Morgan fingerprint density at radius 3 is 2.32 bits per heavy atom. The van der Waals surface area contributed by atoms with E-state index in [1.807, 2.05) is 19.1 Å². The lowest BCUT2D eigenvalue weighted by atomic mass is 10.1. The number of hydrogen-bond acceptors (Lipinski definition) is 4. The Labute approximate surface area is 150 Å². The summed E-state index contributed by atoms with van der Waals surface area (Å²) in [7, 11) is 0. The number of nitrogens with one attached hydrogen (secondary N) is 2. The molecule has 25 heavy (non-hydrogen) atoms. The third kappa shape index (κ3) is 6.23. The highest BCUT2D eigenvalue weighted by Crippen LogP contribution is 2.10. The lowest BCUT2D eigenvalue weighted by Crippen LogP contribution is -2.41. The molecule has 0 radical (unpaired) electrons. The van der Waals surface area contributed by atoms with Crippen LogP contribution in [0.25, 0.3) is 0 Å². The molecule has 2 aromatic rings. The Morgan fingerprint density at radius 2 is 1.72 bits per heavy atom. The molecule has 0 unspecified atom stereocenters. The number of carbonyl (C=O) groups excluding carboxylic acids is 1. The van der Waals surface area contributed by atoms with Gasteiger partial charge in [-0.25, -0.2) is 4.79 Å². The van der Waals surface area contributed by atoms with Gasteiger partial charge in [0.2, 0.25) is 0 Å². The highest BCUT2D eigenvalue weighted by Gasteiger charge is 2.06.